The molecule has 2 unspecified atom stereocenters. The van der Waals surface area contributed by atoms with Crippen molar-refractivity contribution in [2.75, 3.05) is 11.5 Å². The number of nitrogens with one attached hydrogen (secondary N) is 1. The number of hydrogen-bond donors (Lipinski definition) is 3. The third-order valence-corrected chi connectivity index (χ3v) is 5.68. The standard InChI is InChI=1S/C17H18N2S.C8H12.C2H6S.C2H2/c1-11-3-5-14(12(2)9-11)13-4-6-15-16(7-8-20)18-19-17(15)10-13;1-7-5-3-4-6-8(7)2;1-2-3;1-2/h3-6,9-10,20H,7-8H2,1-2H3,(H,18,19);3-8H,1-2H3;3H,2H2,1H3;1-2H. The molecule has 0 aliphatic heterocycles. The number of aromatic nitrogens is 2. The van der Waals surface area contributed by atoms with Gasteiger partial charge in [-0.1, -0.05) is 81.0 Å². The number of rotatable bonds is 3. The van der Waals surface area contributed by atoms with E-state index in [0.29, 0.717) is 0 Å². The van der Waals surface area contributed by atoms with E-state index < -0.39 is 0 Å². The van der Waals surface area contributed by atoms with Crippen LogP contribution in [0.3, 0.4) is 0 Å². The molecule has 0 bridgehead atoms. The third kappa shape index (κ3) is 8.84. The predicted octanol–water partition coefficient (Wildman–Crippen LogP) is 7.89. The lowest BCUT2D eigenvalue weighted by Gasteiger charge is -2.13. The van der Waals surface area contributed by atoms with Gasteiger partial charge < -0.3 is 0 Å². The highest BCUT2D eigenvalue weighted by atomic mass is 32.1. The second kappa shape index (κ2) is 15.5. The Kier molecular flexibility index (Phi) is 13.5. The molecule has 1 heterocycles. The highest BCUT2D eigenvalue weighted by Gasteiger charge is 2.08. The summed E-state index contributed by atoms with van der Waals surface area (Å²) in [5.41, 5.74) is 7.29. The molecule has 3 aromatic rings. The summed E-state index contributed by atoms with van der Waals surface area (Å²) in [5, 5.41) is 8.73. The van der Waals surface area contributed by atoms with Crippen LogP contribution in [0.25, 0.3) is 22.0 Å². The number of aromatic amines is 1. The van der Waals surface area contributed by atoms with Crippen LogP contribution >= 0.6 is 25.3 Å². The summed E-state index contributed by atoms with van der Waals surface area (Å²) in [5.74, 6) is 3.25. The second-order valence-corrected chi connectivity index (χ2v) is 9.11. The van der Waals surface area contributed by atoms with Gasteiger partial charge in [0.2, 0.25) is 0 Å². The summed E-state index contributed by atoms with van der Waals surface area (Å²) in [6.45, 7) is 10.7. The first kappa shape index (κ1) is 28.7. The monoisotopic (exact) mass is 478 g/mol. The van der Waals surface area contributed by atoms with Crippen LogP contribution in [0.5, 0.6) is 0 Å². The highest BCUT2D eigenvalue weighted by molar-refractivity contribution is 7.80. The molecule has 0 fully saturated rings. The van der Waals surface area contributed by atoms with E-state index in [1.165, 1.54) is 33.3 Å². The summed E-state index contributed by atoms with van der Waals surface area (Å²) >= 11 is 8.07. The number of aryl methyl sites for hydroxylation is 3. The zero-order valence-corrected chi connectivity index (χ0v) is 22.3. The van der Waals surface area contributed by atoms with Crippen molar-refractivity contribution in [3.8, 4) is 24.0 Å². The van der Waals surface area contributed by atoms with Crippen molar-refractivity contribution in [1.29, 1.82) is 0 Å². The summed E-state index contributed by atoms with van der Waals surface area (Å²) in [4.78, 5) is 0. The van der Waals surface area contributed by atoms with E-state index in [1.807, 2.05) is 6.92 Å². The van der Waals surface area contributed by atoms with Crippen molar-refractivity contribution in [1.82, 2.24) is 10.2 Å². The van der Waals surface area contributed by atoms with Gasteiger partial charge in [0.1, 0.15) is 0 Å². The molecule has 0 amide bonds. The smallest absolute Gasteiger partial charge is 0.0929 e. The normalized spacial score (nSPS) is 16.0. The maximum absolute atomic E-state index is 4.41. The summed E-state index contributed by atoms with van der Waals surface area (Å²) in [6, 6.07) is 13.1. The van der Waals surface area contributed by atoms with Gasteiger partial charge in [0.15, 0.2) is 0 Å². The van der Waals surface area contributed by atoms with E-state index >= 15 is 0 Å². The zero-order chi connectivity index (χ0) is 24.8. The highest BCUT2D eigenvalue weighted by Crippen LogP contribution is 2.28. The van der Waals surface area contributed by atoms with Crippen molar-refractivity contribution >= 4 is 36.2 Å². The van der Waals surface area contributed by atoms with Gasteiger partial charge in [-0.15, -0.1) is 12.8 Å². The molecule has 0 radical (unpaired) electrons. The number of nitrogens with zero attached hydrogens (tertiary/aromatic N) is 1. The largest absolute Gasteiger partial charge is 0.281 e. The number of terminal acetylenes is 1. The molecule has 2 nitrogen and oxygen atoms in total. The van der Waals surface area contributed by atoms with Crippen LogP contribution in [0.1, 0.15) is 37.6 Å². The molecule has 176 valence electrons. The molecule has 1 aliphatic rings. The third-order valence-electron chi connectivity index (χ3n) is 5.46. The maximum atomic E-state index is 4.41. The van der Waals surface area contributed by atoms with Crippen molar-refractivity contribution in [2.45, 2.75) is 41.0 Å². The first-order chi connectivity index (χ1) is 15.9. The van der Waals surface area contributed by atoms with E-state index in [4.69, 9.17) is 0 Å². The van der Waals surface area contributed by atoms with Crippen LogP contribution in [-0.4, -0.2) is 21.7 Å². The van der Waals surface area contributed by atoms with E-state index in [0.717, 1.165) is 35.3 Å². The van der Waals surface area contributed by atoms with Crippen LogP contribution in [0.2, 0.25) is 0 Å². The van der Waals surface area contributed by atoms with Gasteiger partial charge in [0.05, 0.1) is 5.52 Å². The summed E-state index contributed by atoms with van der Waals surface area (Å²) in [6.07, 6.45) is 17.6. The summed E-state index contributed by atoms with van der Waals surface area (Å²) in [7, 11) is 0. The minimum Gasteiger partial charge on any atom is -0.281 e. The Balaban J connectivity index is 0.000000348. The van der Waals surface area contributed by atoms with Crippen molar-refractivity contribution in [3.63, 3.8) is 0 Å². The lowest BCUT2D eigenvalue weighted by atomic mass is 9.92. The second-order valence-electron chi connectivity index (χ2n) is 8.03. The summed E-state index contributed by atoms with van der Waals surface area (Å²) < 4.78 is 0. The molecule has 1 N–H and O–H groups in total. The maximum Gasteiger partial charge on any atom is 0.0929 e. The Morgan fingerprint density at radius 2 is 1.55 bits per heavy atom. The fourth-order valence-electron chi connectivity index (χ4n) is 3.50. The Morgan fingerprint density at radius 1 is 0.939 bits per heavy atom. The van der Waals surface area contributed by atoms with Gasteiger partial charge in [0, 0.05) is 11.1 Å². The molecule has 1 aliphatic carbocycles. The van der Waals surface area contributed by atoms with Crippen LogP contribution in [0.15, 0.2) is 60.7 Å². The average Bonchev–Trinajstić information content (AvgIpc) is 3.21. The number of hydrogen-bond acceptors (Lipinski definition) is 3. The first-order valence-electron chi connectivity index (χ1n) is 11.4. The number of fused-ring (bicyclic) bond motifs is 1. The molecular weight excluding hydrogens is 440 g/mol. The van der Waals surface area contributed by atoms with Gasteiger partial charge in [-0.05, 0) is 66.4 Å². The number of allylic oxidation sites excluding steroid dienone is 4. The van der Waals surface area contributed by atoms with E-state index in [9.17, 15) is 0 Å². The van der Waals surface area contributed by atoms with Crippen LogP contribution in [0, 0.1) is 38.5 Å². The topological polar surface area (TPSA) is 28.7 Å². The molecule has 2 aromatic carbocycles. The number of benzene rings is 2. The predicted molar refractivity (Wildman–Crippen MR) is 155 cm³/mol. The van der Waals surface area contributed by atoms with Gasteiger partial charge >= 0.3 is 0 Å². The lowest BCUT2D eigenvalue weighted by Crippen LogP contribution is -2.03. The molecular formula is C29H38N2S2. The Labute approximate surface area is 211 Å². The van der Waals surface area contributed by atoms with Gasteiger partial charge in [-0.25, -0.2) is 0 Å². The number of H-pyrrole nitrogens is 1. The molecule has 4 heteroatoms. The first-order valence-corrected chi connectivity index (χ1v) is 12.6. The van der Waals surface area contributed by atoms with Crippen molar-refractivity contribution in [3.05, 3.63) is 77.5 Å². The Bertz CT molecular complexity index is 1040. The van der Waals surface area contributed by atoms with Crippen LogP contribution in [0.4, 0.5) is 0 Å². The lowest BCUT2D eigenvalue weighted by molar-refractivity contribution is 0.552. The molecule has 4 rings (SSSR count). The minimum atomic E-state index is 0.736. The van der Waals surface area contributed by atoms with E-state index in [2.05, 4.69) is 137 Å². The number of thiol groups is 2. The van der Waals surface area contributed by atoms with Gasteiger partial charge in [0.25, 0.3) is 0 Å². The van der Waals surface area contributed by atoms with E-state index in [-0.39, 0.29) is 0 Å². The molecule has 1 aromatic heterocycles. The Morgan fingerprint density at radius 3 is 2.06 bits per heavy atom. The van der Waals surface area contributed by atoms with Crippen molar-refractivity contribution < 1.29 is 0 Å². The molecule has 0 spiro atoms. The molecule has 0 saturated carbocycles. The van der Waals surface area contributed by atoms with Gasteiger partial charge in [-0.3, -0.25) is 5.10 Å². The average molecular weight is 479 g/mol. The van der Waals surface area contributed by atoms with Crippen molar-refractivity contribution in [2.24, 2.45) is 11.8 Å². The van der Waals surface area contributed by atoms with Gasteiger partial charge in [-0.2, -0.15) is 30.4 Å². The fourth-order valence-corrected chi connectivity index (χ4v) is 3.73. The molecule has 33 heavy (non-hydrogen) atoms. The molecule has 0 saturated heterocycles. The fraction of sp³-hybridized carbons (Fsp3) is 0.345. The molecule has 2 atom stereocenters. The van der Waals surface area contributed by atoms with Crippen LogP contribution in [-0.2, 0) is 6.42 Å². The Hall–Kier alpha value is -2.35. The zero-order valence-electron chi connectivity index (χ0n) is 20.5. The van der Waals surface area contributed by atoms with Crippen LogP contribution < -0.4 is 0 Å². The SMILES string of the molecule is C#C.CC1C=CC=CC1C.CCS.Cc1ccc(-c2ccc3c(CCS)[nH]nc3c2)c(C)c1. The minimum absolute atomic E-state index is 0.736. The quantitative estimate of drug-likeness (QED) is 0.259. The van der Waals surface area contributed by atoms with E-state index in [1.54, 1.807) is 0 Å².